The van der Waals surface area contributed by atoms with Gasteiger partial charge in [-0.25, -0.2) is 9.59 Å². The molecule has 3 N–H and O–H groups in total. The summed E-state index contributed by atoms with van der Waals surface area (Å²) in [6.07, 6.45) is 3.36. The fourth-order valence-corrected chi connectivity index (χ4v) is 2.69. The number of benzene rings is 1. The number of likely N-dealkylation sites (tertiary alicyclic amines) is 1. The van der Waals surface area contributed by atoms with Crippen LogP contribution in [-0.2, 0) is 9.53 Å². The number of urea groups is 1. The Labute approximate surface area is 141 Å². The van der Waals surface area contributed by atoms with Gasteiger partial charge in [-0.15, -0.1) is 0 Å². The van der Waals surface area contributed by atoms with E-state index in [2.05, 4.69) is 5.32 Å². The fraction of sp³-hybridized carbons (Fsp3) is 0.471. The van der Waals surface area contributed by atoms with E-state index in [1.807, 2.05) is 0 Å². The summed E-state index contributed by atoms with van der Waals surface area (Å²) < 4.78 is 5.28. The maximum absolute atomic E-state index is 12.4. The van der Waals surface area contributed by atoms with Crippen LogP contribution < -0.4 is 11.1 Å². The van der Waals surface area contributed by atoms with Crippen LogP contribution >= 0.6 is 0 Å². The molecule has 0 aliphatic carbocycles. The molecule has 1 fully saturated rings. The van der Waals surface area contributed by atoms with Crippen LogP contribution in [0.25, 0.3) is 0 Å². The van der Waals surface area contributed by atoms with Crippen molar-refractivity contribution < 1.29 is 19.1 Å². The maximum atomic E-state index is 12.4. The molecule has 1 heterocycles. The number of nitrogens with one attached hydrogen (secondary N) is 1. The van der Waals surface area contributed by atoms with Crippen molar-refractivity contribution in [1.82, 2.24) is 4.90 Å². The molecule has 7 heteroatoms. The number of amides is 3. The molecule has 24 heavy (non-hydrogen) atoms. The Balaban J connectivity index is 1.97. The average molecular weight is 333 g/mol. The summed E-state index contributed by atoms with van der Waals surface area (Å²) in [5, 5.41) is 2.39. The van der Waals surface area contributed by atoms with Gasteiger partial charge < -0.3 is 20.7 Å². The molecule has 0 unspecified atom stereocenters. The molecule has 7 nitrogen and oxygen atoms in total. The SMILES string of the molecule is C[C@@H](OC(=O)c1cccc(NC(N)=O)c1)C(=O)N1CCCCCC1. The van der Waals surface area contributed by atoms with Gasteiger partial charge in [0.1, 0.15) is 0 Å². The van der Waals surface area contributed by atoms with Crippen LogP contribution in [0.2, 0.25) is 0 Å². The van der Waals surface area contributed by atoms with Crippen molar-refractivity contribution in [3.8, 4) is 0 Å². The summed E-state index contributed by atoms with van der Waals surface area (Å²) in [4.78, 5) is 37.2. The molecule has 2 rings (SSSR count). The highest BCUT2D eigenvalue weighted by atomic mass is 16.5. The van der Waals surface area contributed by atoms with Crippen LogP contribution in [0.4, 0.5) is 10.5 Å². The number of hydrogen-bond donors (Lipinski definition) is 2. The van der Waals surface area contributed by atoms with Gasteiger partial charge >= 0.3 is 12.0 Å². The van der Waals surface area contributed by atoms with Gasteiger partial charge in [0.25, 0.3) is 5.91 Å². The summed E-state index contributed by atoms with van der Waals surface area (Å²) in [5.74, 6) is -0.782. The summed E-state index contributed by atoms with van der Waals surface area (Å²) in [7, 11) is 0. The number of nitrogens with zero attached hydrogens (tertiary/aromatic N) is 1. The van der Waals surface area contributed by atoms with Gasteiger partial charge in [-0.1, -0.05) is 18.9 Å². The number of carbonyl (C=O) groups is 3. The molecular formula is C17H23N3O4. The molecule has 1 saturated heterocycles. The van der Waals surface area contributed by atoms with Gasteiger partial charge in [0.05, 0.1) is 5.56 Å². The second-order valence-electron chi connectivity index (χ2n) is 5.86. The van der Waals surface area contributed by atoms with Crippen molar-refractivity contribution >= 4 is 23.6 Å². The maximum Gasteiger partial charge on any atom is 0.338 e. The number of esters is 1. The molecule has 1 aromatic carbocycles. The number of primary amides is 1. The Bertz CT molecular complexity index is 610. The van der Waals surface area contributed by atoms with E-state index >= 15 is 0 Å². The minimum atomic E-state index is -0.844. The smallest absolute Gasteiger partial charge is 0.338 e. The summed E-state index contributed by atoms with van der Waals surface area (Å²) in [6, 6.07) is 5.50. The van der Waals surface area contributed by atoms with Crippen molar-refractivity contribution in [3.05, 3.63) is 29.8 Å². The Morgan fingerprint density at radius 1 is 1.17 bits per heavy atom. The van der Waals surface area contributed by atoms with E-state index in [0.717, 1.165) is 25.7 Å². The first kappa shape index (κ1) is 17.8. The minimum Gasteiger partial charge on any atom is -0.449 e. The number of carbonyl (C=O) groups excluding carboxylic acids is 3. The highest BCUT2D eigenvalue weighted by Gasteiger charge is 2.25. The fourth-order valence-electron chi connectivity index (χ4n) is 2.69. The van der Waals surface area contributed by atoms with Gasteiger partial charge in [-0.2, -0.15) is 0 Å². The number of nitrogens with two attached hydrogens (primary N) is 1. The predicted molar refractivity (Wildman–Crippen MR) is 89.6 cm³/mol. The highest BCUT2D eigenvalue weighted by molar-refractivity contribution is 5.94. The zero-order chi connectivity index (χ0) is 17.5. The Morgan fingerprint density at radius 2 is 1.83 bits per heavy atom. The van der Waals surface area contributed by atoms with Crippen molar-refractivity contribution in [2.45, 2.75) is 38.7 Å². The van der Waals surface area contributed by atoms with E-state index in [0.29, 0.717) is 18.8 Å². The first-order chi connectivity index (χ1) is 11.5. The van der Waals surface area contributed by atoms with Crippen LogP contribution in [0.5, 0.6) is 0 Å². The summed E-state index contributed by atoms with van der Waals surface area (Å²) in [6.45, 7) is 2.99. The molecule has 1 atom stereocenters. The van der Waals surface area contributed by atoms with E-state index in [1.54, 1.807) is 30.0 Å². The third-order valence-corrected chi connectivity index (χ3v) is 3.92. The second kappa shape index (κ2) is 8.33. The van der Waals surface area contributed by atoms with Crippen LogP contribution in [-0.4, -0.2) is 42.0 Å². The largest absolute Gasteiger partial charge is 0.449 e. The van der Waals surface area contributed by atoms with Crippen LogP contribution in [0.3, 0.4) is 0 Å². The second-order valence-corrected chi connectivity index (χ2v) is 5.86. The highest BCUT2D eigenvalue weighted by Crippen LogP contribution is 2.15. The van der Waals surface area contributed by atoms with Gasteiger partial charge in [0.2, 0.25) is 0 Å². The van der Waals surface area contributed by atoms with Crippen LogP contribution in [0.15, 0.2) is 24.3 Å². The topological polar surface area (TPSA) is 102 Å². The number of rotatable bonds is 4. The zero-order valence-electron chi connectivity index (χ0n) is 13.8. The lowest BCUT2D eigenvalue weighted by atomic mass is 10.2. The van der Waals surface area contributed by atoms with E-state index in [-0.39, 0.29) is 11.5 Å². The Hall–Kier alpha value is -2.57. The number of ether oxygens (including phenoxy) is 1. The van der Waals surface area contributed by atoms with Crippen LogP contribution in [0.1, 0.15) is 43.0 Å². The molecular weight excluding hydrogens is 310 g/mol. The summed E-state index contributed by atoms with van der Waals surface area (Å²) >= 11 is 0. The molecule has 1 aliphatic rings. The third-order valence-electron chi connectivity index (χ3n) is 3.92. The Morgan fingerprint density at radius 3 is 2.46 bits per heavy atom. The normalized spacial score (nSPS) is 16.0. The number of anilines is 1. The lowest BCUT2D eigenvalue weighted by molar-refractivity contribution is -0.139. The molecule has 0 aromatic heterocycles. The quantitative estimate of drug-likeness (QED) is 0.824. The number of hydrogen-bond acceptors (Lipinski definition) is 4. The lowest BCUT2D eigenvalue weighted by Gasteiger charge is -2.24. The lowest BCUT2D eigenvalue weighted by Crippen LogP contribution is -2.40. The minimum absolute atomic E-state index is 0.170. The molecule has 0 spiro atoms. The van der Waals surface area contributed by atoms with Crippen molar-refractivity contribution in [2.24, 2.45) is 5.73 Å². The molecule has 0 saturated carbocycles. The van der Waals surface area contributed by atoms with Gasteiger partial charge in [0.15, 0.2) is 6.10 Å². The molecule has 1 aromatic rings. The first-order valence-corrected chi connectivity index (χ1v) is 8.13. The van der Waals surface area contributed by atoms with Gasteiger partial charge in [-0.05, 0) is 38.0 Å². The van der Waals surface area contributed by atoms with E-state index in [4.69, 9.17) is 10.5 Å². The predicted octanol–water partition coefficient (Wildman–Crippen LogP) is 2.13. The monoisotopic (exact) mass is 333 g/mol. The van der Waals surface area contributed by atoms with E-state index in [1.165, 1.54) is 6.07 Å². The third kappa shape index (κ3) is 4.97. The van der Waals surface area contributed by atoms with Crippen molar-refractivity contribution in [3.63, 3.8) is 0 Å². The molecule has 130 valence electrons. The molecule has 3 amide bonds. The van der Waals surface area contributed by atoms with Gasteiger partial charge in [0, 0.05) is 18.8 Å². The molecule has 0 bridgehead atoms. The van der Waals surface area contributed by atoms with E-state index in [9.17, 15) is 14.4 Å². The molecule has 0 radical (unpaired) electrons. The van der Waals surface area contributed by atoms with Crippen molar-refractivity contribution in [2.75, 3.05) is 18.4 Å². The van der Waals surface area contributed by atoms with Crippen molar-refractivity contribution in [1.29, 1.82) is 0 Å². The first-order valence-electron chi connectivity index (χ1n) is 8.13. The standard InChI is InChI=1S/C17H23N3O4/c1-12(15(21)20-9-4-2-3-5-10-20)24-16(22)13-7-6-8-14(11-13)19-17(18)23/h6-8,11-12H,2-5,9-10H2,1H3,(H3,18,19,23)/t12-/m1/s1. The molecule has 1 aliphatic heterocycles. The Kier molecular flexibility index (Phi) is 6.17. The van der Waals surface area contributed by atoms with E-state index < -0.39 is 18.1 Å². The summed E-state index contributed by atoms with van der Waals surface area (Å²) in [5.41, 5.74) is 5.69. The van der Waals surface area contributed by atoms with Gasteiger partial charge in [-0.3, -0.25) is 4.79 Å². The average Bonchev–Trinajstić information content (AvgIpc) is 2.82. The zero-order valence-corrected chi connectivity index (χ0v) is 13.8. The van der Waals surface area contributed by atoms with Crippen LogP contribution in [0, 0.1) is 0 Å².